The molecule has 2 fully saturated rings. The number of aliphatic carboxylic acids is 1. The minimum absolute atomic E-state index is 0.119. The summed E-state index contributed by atoms with van der Waals surface area (Å²) in [5.41, 5.74) is 0. The summed E-state index contributed by atoms with van der Waals surface area (Å²) in [4.78, 5) is 23.0. The van der Waals surface area contributed by atoms with Crippen LogP contribution in [-0.4, -0.2) is 35.6 Å². The van der Waals surface area contributed by atoms with Crippen LogP contribution < -0.4 is 10.6 Å². The second-order valence-corrected chi connectivity index (χ2v) is 5.97. The highest BCUT2D eigenvalue weighted by Gasteiger charge is 2.30. The van der Waals surface area contributed by atoms with Crippen molar-refractivity contribution in [3.05, 3.63) is 0 Å². The Hall–Kier alpha value is -1.10. The minimum atomic E-state index is -0.697. The highest BCUT2D eigenvalue weighted by atomic mass is 16.4. The van der Waals surface area contributed by atoms with Crippen molar-refractivity contribution in [3.8, 4) is 0 Å². The third-order valence-electron chi connectivity index (χ3n) is 4.42. The van der Waals surface area contributed by atoms with Crippen molar-refractivity contribution in [2.45, 2.75) is 57.5 Å². The molecule has 1 saturated heterocycles. The molecule has 2 aliphatic rings. The maximum absolute atomic E-state index is 12.2. The number of carboxylic acid groups (broad SMARTS) is 1. The summed E-state index contributed by atoms with van der Waals surface area (Å²) in [5.74, 6) is -0.635. The van der Waals surface area contributed by atoms with Crippen LogP contribution in [0.2, 0.25) is 0 Å². The van der Waals surface area contributed by atoms with Crippen molar-refractivity contribution in [1.29, 1.82) is 0 Å². The van der Waals surface area contributed by atoms with Crippen molar-refractivity contribution < 1.29 is 14.7 Å². The Bertz CT molecular complexity index is 338. The predicted octanol–water partition coefficient (Wildman–Crippen LogP) is 1.13. The molecule has 108 valence electrons. The normalized spacial score (nSPS) is 35.6. The van der Waals surface area contributed by atoms with Gasteiger partial charge in [-0.05, 0) is 52.0 Å². The summed E-state index contributed by atoms with van der Waals surface area (Å²) < 4.78 is 0. The number of carboxylic acids is 1. The van der Waals surface area contributed by atoms with Crippen LogP contribution >= 0.6 is 0 Å². The number of rotatable bonds is 3. The van der Waals surface area contributed by atoms with Crippen LogP contribution in [0, 0.1) is 11.8 Å². The number of nitrogens with one attached hydrogen (secondary N) is 2. The smallest absolute Gasteiger partial charge is 0.306 e. The zero-order valence-electron chi connectivity index (χ0n) is 11.5. The van der Waals surface area contributed by atoms with Crippen molar-refractivity contribution in [2.24, 2.45) is 11.8 Å². The highest BCUT2D eigenvalue weighted by molar-refractivity contribution is 5.79. The van der Waals surface area contributed by atoms with Gasteiger partial charge in [-0.3, -0.25) is 9.59 Å². The van der Waals surface area contributed by atoms with E-state index in [1.165, 1.54) is 0 Å². The van der Waals surface area contributed by atoms with E-state index in [4.69, 9.17) is 5.11 Å². The summed E-state index contributed by atoms with van der Waals surface area (Å²) in [6.45, 7) is 3.02. The number of hydrogen-bond acceptors (Lipinski definition) is 3. The molecule has 0 aromatic rings. The van der Waals surface area contributed by atoms with Crippen LogP contribution in [0.25, 0.3) is 0 Å². The molecule has 2 unspecified atom stereocenters. The molecule has 1 saturated carbocycles. The van der Waals surface area contributed by atoms with Gasteiger partial charge in [-0.2, -0.15) is 0 Å². The SMILES string of the molecule is CC1CC(C(=O)NC2CCC(C(=O)O)CC2)CCN1. The van der Waals surface area contributed by atoms with Gasteiger partial charge >= 0.3 is 5.97 Å². The van der Waals surface area contributed by atoms with Crippen LogP contribution in [0.15, 0.2) is 0 Å². The van der Waals surface area contributed by atoms with Gasteiger partial charge in [0, 0.05) is 18.0 Å². The Morgan fingerprint density at radius 2 is 1.79 bits per heavy atom. The molecule has 5 heteroatoms. The lowest BCUT2D eigenvalue weighted by Crippen LogP contribution is -2.46. The average molecular weight is 268 g/mol. The molecule has 5 nitrogen and oxygen atoms in total. The van der Waals surface area contributed by atoms with Crippen molar-refractivity contribution >= 4 is 11.9 Å². The average Bonchev–Trinajstić information content (AvgIpc) is 2.39. The highest BCUT2D eigenvalue weighted by Crippen LogP contribution is 2.25. The van der Waals surface area contributed by atoms with E-state index < -0.39 is 5.97 Å². The second kappa shape index (κ2) is 6.37. The zero-order chi connectivity index (χ0) is 13.8. The van der Waals surface area contributed by atoms with Gasteiger partial charge in [0.05, 0.1) is 5.92 Å². The van der Waals surface area contributed by atoms with Crippen molar-refractivity contribution in [2.75, 3.05) is 6.54 Å². The van der Waals surface area contributed by atoms with Crippen LogP contribution in [-0.2, 0) is 9.59 Å². The Kier molecular flexibility index (Phi) is 4.80. The predicted molar refractivity (Wildman–Crippen MR) is 71.7 cm³/mol. The van der Waals surface area contributed by atoms with E-state index in [0.717, 1.165) is 32.2 Å². The third kappa shape index (κ3) is 3.93. The molecular weight excluding hydrogens is 244 g/mol. The molecule has 0 bridgehead atoms. The summed E-state index contributed by atoms with van der Waals surface area (Å²) in [6.07, 6.45) is 4.76. The number of carbonyl (C=O) groups is 2. The lowest BCUT2D eigenvalue weighted by molar-refractivity contribution is -0.142. The van der Waals surface area contributed by atoms with E-state index in [1.807, 2.05) is 0 Å². The van der Waals surface area contributed by atoms with Gasteiger partial charge in [0.25, 0.3) is 0 Å². The van der Waals surface area contributed by atoms with E-state index in [1.54, 1.807) is 0 Å². The third-order valence-corrected chi connectivity index (χ3v) is 4.42. The monoisotopic (exact) mass is 268 g/mol. The molecule has 0 spiro atoms. The molecule has 3 N–H and O–H groups in total. The first kappa shape index (κ1) is 14.3. The van der Waals surface area contributed by atoms with Gasteiger partial charge in [-0.15, -0.1) is 0 Å². The molecule has 1 amide bonds. The van der Waals surface area contributed by atoms with Gasteiger partial charge in [0.1, 0.15) is 0 Å². The summed E-state index contributed by atoms with van der Waals surface area (Å²) in [7, 11) is 0. The lowest BCUT2D eigenvalue weighted by atomic mass is 9.85. The molecule has 1 aliphatic carbocycles. The van der Waals surface area contributed by atoms with Crippen LogP contribution in [0.1, 0.15) is 45.4 Å². The fourth-order valence-corrected chi connectivity index (χ4v) is 3.17. The first-order chi connectivity index (χ1) is 9.06. The summed E-state index contributed by atoms with van der Waals surface area (Å²) in [5, 5.41) is 15.4. The summed E-state index contributed by atoms with van der Waals surface area (Å²) >= 11 is 0. The molecule has 1 aliphatic heterocycles. The standard InChI is InChI=1S/C14H24N2O3/c1-9-8-11(6-7-15-9)13(17)16-12-4-2-10(3-5-12)14(18)19/h9-12,15H,2-8H2,1H3,(H,16,17)(H,18,19). The van der Waals surface area contributed by atoms with Gasteiger partial charge in [0.2, 0.25) is 5.91 Å². The van der Waals surface area contributed by atoms with Crippen LogP contribution in [0.3, 0.4) is 0 Å². The van der Waals surface area contributed by atoms with E-state index in [9.17, 15) is 9.59 Å². The number of piperidine rings is 1. The Labute approximate surface area is 114 Å². The van der Waals surface area contributed by atoms with E-state index in [0.29, 0.717) is 18.9 Å². The van der Waals surface area contributed by atoms with Crippen molar-refractivity contribution in [1.82, 2.24) is 10.6 Å². The van der Waals surface area contributed by atoms with Crippen LogP contribution in [0.4, 0.5) is 0 Å². The lowest BCUT2D eigenvalue weighted by Gasteiger charge is -2.31. The molecule has 1 heterocycles. The second-order valence-electron chi connectivity index (χ2n) is 5.97. The molecule has 0 radical (unpaired) electrons. The first-order valence-corrected chi connectivity index (χ1v) is 7.33. The molecular formula is C14H24N2O3. The van der Waals surface area contributed by atoms with Crippen LogP contribution in [0.5, 0.6) is 0 Å². The maximum Gasteiger partial charge on any atom is 0.306 e. The zero-order valence-corrected chi connectivity index (χ0v) is 11.5. The summed E-state index contributed by atoms with van der Waals surface area (Å²) in [6, 6.07) is 0.584. The van der Waals surface area contributed by atoms with Gasteiger partial charge in [-0.25, -0.2) is 0 Å². The Morgan fingerprint density at radius 1 is 1.11 bits per heavy atom. The fourth-order valence-electron chi connectivity index (χ4n) is 3.17. The number of amides is 1. The Morgan fingerprint density at radius 3 is 2.37 bits per heavy atom. The molecule has 2 atom stereocenters. The number of hydrogen-bond donors (Lipinski definition) is 3. The molecule has 19 heavy (non-hydrogen) atoms. The fraction of sp³-hybridized carbons (Fsp3) is 0.857. The van der Waals surface area contributed by atoms with E-state index in [-0.39, 0.29) is 23.8 Å². The largest absolute Gasteiger partial charge is 0.481 e. The number of carbonyl (C=O) groups excluding carboxylic acids is 1. The Balaban J connectivity index is 1.75. The van der Waals surface area contributed by atoms with E-state index >= 15 is 0 Å². The van der Waals surface area contributed by atoms with Gasteiger partial charge < -0.3 is 15.7 Å². The van der Waals surface area contributed by atoms with Gasteiger partial charge in [-0.1, -0.05) is 0 Å². The van der Waals surface area contributed by atoms with Crippen molar-refractivity contribution in [3.63, 3.8) is 0 Å². The maximum atomic E-state index is 12.2. The van der Waals surface area contributed by atoms with Gasteiger partial charge in [0.15, 0.2) is 0 Å². The molecule has 0 aromatic heterocycles. The van der Waals surface area contributed by atoms with E-state index in [2.05, 4.69) is 17.6 Å². The molecule has 0 aromatic carbocycles. The first-order valence-electron chi connectivity index (χ1n) is 7.33. The quantitative estimate of drug-likeness (QED) is 0.717. The topological polar surface area (TPSA) is 78.4 Å². The molecule has 2 rings (SSSR count). The minimum Gasteiger partial charge on any atom is -0.481 e.